The molecule has 0 aliphatic rings. The number of primary amides is 1. The molecule has 1 amide bonds. The lowest BCUT2D eigenvalue weighted by Gasteiger charge is -2.33. The Bertz CT molecular complexity index is 1400. The highest BCUT2D eigenvalue weighted by Gasteiger charge is 2.33. The van der Waals surface area contributed by atoms with Crippen LogP contribution in [-0.4, -0.2) is 63.5 Å². The maximum Gasteiger partial charge on any atom is 0.446 e. The molecule has 0 aliphatic heterocycles. The van der Waals surface area contributed by atoms with Crippen molar-refractivity contribution in [2.45, 2.75) is 26.3 Å². The monoisotopic (exact) mass is 593 g/mol. The van der Waals surface area contributed by atoms with Gasteiger partial charge in [0.2, 0.25) is 33.3 Å². The first-order valence-corrected chi connectivity index (χ1v) is 12.4. The van der Waals surface area contributed by atoms with Gasteiger partial charge in [0.05, 0.1) is 16.8 Å². The van der Waals surface area contributed by atoms with Crippen LogP contribution in [0.2, 0.25) is 0 Å². The molecule has 3 rings (SSSR count). The summed E-state index contributed by atoms with van der Waals surface area (Å²) in [5, 5.41) is 11.0. The van der Waals surface area contributed by atoms with Crippen LogP contribution in [0.1, 0.15) is 20.8 Å². The lowest BCUT2D eigenvalue weighted by atomic mass is 10.1. The molecule has 3 aromatic rings. The number of amides is 1. The molecule has 0 atom stereocenters. The van der Waals surface area contributed by atoms with E-state index < -0.39 is 39.2 Å². The lowest BCUT2D eigenvalue weighted by molar-refractivity contribution is 0.137. The smallest absolute Gasteiger partial charge is 0.432 e. The number of anilines is 1. The van der Waals surface area contributed by atoms with E-state index in [4.69, 9.17) is 19.7 Å². The highest BCUT2D eigenvalue weighted by molar-refractivity contribution is 9.10. The fraction of sp³-hybridized carbons (Fsp3) is 0.389. The molecule has 0 saturated heterocycles. The minimum atomic E-state index is -4.04. The summed E-state index contributed by atoms with van der Waals surface area (Å²) >= 11 is 3.04. The van der Waals surface area contributed by atoms with Gasteiger partial charge in [-0.3, -0.25) is 9.36 Å². The zero-order chi connectivity index (χ0) is 26.7. The number of nitrogens with two attached hydrogens (primary N) is 1. The molecular weight excluding hydrogens is 573 g/mol. The third kappa shape index (κ3) is 6.25. The van der Waals surface area contributed by atoms with Crippen LogP contribution >= 0.6 is 15.9 Å². The van der Waals surface area contributed by atoms with Gasteiger partial charge in [0, 0.05) is 12.1 Å². The van der Waals surface area contributed by atoms with Crippen LogP contribution in [-0.2, 0) is 19.6 Å². The van der Waals surface area contributed by atoms with Crippen LogP contribution in [0.25, 0.3) is 17.2 Å². The van der Waals surface area contributed by atoms with Gasteiger partial charge in [0.25, 0.3) is 0 Å². The summed E-state index contributed by atoms with van der Waals surface area (Å²) in [5.41, 5.74) is 6.55. The summed E-state index contributed by atoms with van der Waals surface area (Å²) in [6.07, 6.45) is -1.23. The highest BCUT2D eigenvalue weighted by atomic mass is 79.9. The van der Waals surface area contributed by atoms with Gasteiger partial charge in [-0.15, -0.1) is 0 Å². The summed E-state index contributed by atoms with van der Waals surface area (Å²) in [5.74, 6) is -2.61. The Hall–Kier alpha value is -3.35. The number of carbonyl (C=O) groups excluding carboxylic acids is 1. The van der Waals surface area contributed by atoms with Gasteiger partial charge in [-0.25, -0.2) is 37.1 Å². The second-order valence-corrected chi connectivity index (χ2v) is 10.7. The summed E-state index contributed by atoms with van der Waals surface area (Å²) in [6, 6.07) is 3.79. The number of hydrogen-bond donors (Lipinski definition) is 2. The van der Waals surface area contributed by atoms with E-state index in [1.807, 2.05) is 0 Å². The maximum atomic E-state index is 13.6. The Kier molecular flexibility index (Phi) is 8.12. The molecule has 3 N–H and O–H groups in total. The molecule has 0 saturated carbocycles. The Morgan fingerprint density at radius 3 is 2.67 bits per heavy atom. The number of carbonyl (C=O) groups is 1. The molecule has 1 aromatic carbocycles. The van der Waals surface area contributed by atoms with Gasteiger partial charge in [-0.2, -0.15) is 4.31 Å². The molecule has 0 bridgehead atoms. The molecule has 36 heavy (non-hydrogen) atoms. The molecule has 2 heterocycles. The van der Waals surface area contributed by atoms with E-state index >= 15 is 0 Å². The zero-order valence-electron chi connectivity index (χ0n) is 19.1. The van der Waals surface area contributed by atoms with Crippen LogP contribution in [0, 0.1) is 5.82 Å². The number of halogens is 2. The van der Waals surface area contributed by atoms with Crippen molar-refractivity contribution < 1.29 is 36.3 Å². The van der Waals surface area contributed by atoms with Crippen molar-refractivity contribution in [3.05, 3.63) is 39.0 Å². The number of nitrogens with zero attached hydrogens (tertiary/aromatic N) is 5. The summed E-state index contributed by atoms with van der Waals surface area (Å²) in [7, 11) is -4.04. The molecule has 18 heteroatoms. The third-order valence-electron chi connectivity index (χ3n) is 4.47. The maximum absolute atomic E-state index is 13.6. The van der Waals surface area contributed by atoms with Crippen molar-refractivity contribution in [1.82, 2.24) is 24.3 Å². The summed E-state index contributed by atoms with van der Waals surface area (Å²) in [4.78, 5) is 28.4. The summed E-state index contributed by atoms with van der Waals surface area (Å²) in [6.45, 7) is 4.56. The minimum Gasteiger partial charge on any atom is -0.432 e. The fourth-order valence-electron chi connectivity index (χ4n) is 2.99. The molecular formula is C18H21BrFN7O8S. The first kappa shape index (κ1) is 27.2. The quantitative estimate of drug-likeness (QED) is 0.254. The minimum absolute atomic E-state index is 0.0866. The van der Waals surface area contributed by atoms with Crippen molar-refractivity contribution in [2.75, 3.05) is 24.6 Å². The van der Waals surface area contributed by atoms with E-state index in [1.165, 1.54) is 12.1 Å². The molecule has 2 aromatic heterocycles. The van der Waals surface area contributed by atoms with Gasteiger partial charge in [0.1, 0.15) is 5.82 Å². The van der Waals surface area contributed by atoms with Crippen LogP contribution < -0.4 is 17.0 Å². The van der Waals surface area contributed by atoms with Crippen LogP contribution in [0.3, 0.4) is 0 Å². The van der Waals surface area contributed by atoms with Gasteiger partial charge in [0.15, 0.2) is 0 Å². The predicted octanol–water partition coefficient (Wildman–Crippen LogP) is 1.60. The molecule has 0 spiro atoms. The zero-order valence-corrected chi connectivity index (χ0v) is 21.5. The number of sulfonamides is 1. The number of aromatic nitrogens is 4. The predicted molar refractivity (Wildman–Crippen MR) is 124 cm³/mol. The van der Waals surface area contributed by atoms with Crippen molar-refractivity contribution in [3.8, 4) is 17.2 Å². The van der Waals surface area contributed by atoms with Gasteiger partial charge in [-0.1, -0.05) is 5.16 Å². The average molecular weight is 594 g/mol. The SMILES string of the molecule is CC(C)(C)N(CCONc1nonc1-c1noc(=O)n1-c1ccc(F)c(Br)c1)S(=O)(=O)COC(N)=O. The van der Waals surface area contributed by atoms with Crippen LogP contribution in [0.15, 0.2) is 36.6 Å². The number of nitrogens with one attached hydrogen (secondary N) is 1. The highest BCUT2D eigenvalue weighted by Crippen LogP contribution is 2.26. The fourth-order valence-corrected chi connectivity index (χ4v) is 4.94. The van der Waals surface area contributed by atoms with E-state index in [9.17, 15) is 22.4 Å². The topological polar surface area (TPSA) is 198 Å². The van der Waals surface area contributed by atoms with E-state index in [-0.39, 0.29) is 40.6 Å². The van der Waals surface area contributed by atoms with E-state index in [0.29, 0.717) is 0 Å². The van der Waals surface area contributed by atoms with Gasteiger partial charge < -0.3 is 10.5 Å². The van der Waals surface area contributed by atoms with Crippen molar-refractivity contribution in [2.24, 2.45) is 5.73 Å². The lowest BCUT2D eigenvalue weighted by Crippen LogP contribution is -2.48. The van der Waals surface area contributed by atoms with E-state index in [0.717, 1.165) is 14.9 Å². The molecule has 0 fully saturated rings. The van der Waals surface area contributed by atoms with Crippen LogP contribution in [0.4, 0.5) is 15.0 Å². The average Bonchev–Trinajstić information content (AvgIpc) is 3.39. The first-order chi connectivity index (χ1) is 16.8. The Balaban J connectivity index is 1.74. The first-order valence-electron chi connectivity index (χ1n) is 9.99. The summed E-state index contributed by atoms with van der Waals surface area (Å²) < 4.78 is 54.8. The molecule has 0 unspecified atom stereocenters. The standard InChI is InChI=1S/C18H21BrFN7O8S/c1-18(2,3)26(36(30,31)9-32-16(21)28)6-7-33-23-14-13(22-35-24-14)15-25-34-17(29)27(15)10-4-5-12(20)11(19)8-10/h4-5,8H,6-7,9H2,1-3H3,(H2,21,28)(H,23,24). The number of benzene rings is 1. The molecule has 15 nitrogen and oxygen atoms in total. The number of hydrogen-bond acceptors (Lipinski definition) is 12. The molecule has 0 aliphatic carbocycles. The van der Waals surface area contributed by atoms with E-state index in [1.54, 1.807) is 20.8 Å². The molecule has 0 radical (unpaired) electrons. The van der Waals surface area contributed by atoms with Crippen molar-refractivity contribution >= 4 is 37.9 Å². The van der Waals surface area contributed by atoms with Gasteiger partial charge in [-0.05, 0) is 65.2 Å². The number of rotatable bonds is 10. The van der Waals surface area contributed by atoms with E-state index in [2.05, 4.69) is 41.6 Å². The normalized spacial score (nSPS) is 12.2. The van der Waals surface area contributed by atoms with Crippen molar-refractivity contribution in [1.29, 1.82) is 0 Å². The Morgan fingerprint density at radius 1 is 1.31 bits per heavy atom. The second-order valence-electron chi connectivity index (χ2n) is 8.05. The second kappa shape index (κ2) is 10.7. The van der Waals surface area contributed by atoms with Gasteiger partial charge >= 0.3 is 11.8 Å². The van der Waals surface area contributed by atoms with Crippen LogP contribution in [0.5, 0.6) is 0 Å². The Morgan fingerprint density at radius 2 is 2.03 bits per heavy atom. The third-order valence-corrected chi connectivity index (χ3v) is 6.89. The molecule has 196 valence electrons. The number of ether oxygens (including phenoxy) is 1. The Labute approximate surface area is 211 Å². The largest absolute Gasteiger partial charge is 0.446 e. The van der Waals surface area contributed by atoms with Crippen molar-refractivity contribution in [3.63, 3.8) is 0 Å².